The number of nitrogens with one attached hydrogen (secondary N) is 1. The van der Waals surface area contributed by atoms with Gasteiger partial charge in [0, 0.05) is 0 Å². The Morgan fingerprint density at radius 3 is 2.54 bits per heavy atom. The van der Waals surface area contributed by atoms with Crippen molar-refractivity contribution in [3.63, 3.8) is 0 Å². The Morgan fingerprint density at radius 1 is 1.18 bits per heavy atom. The first kappa shape index (κ1) is 21.1. The van der Waals surface area contributed by atoms with E-state index in [1.54, 1.807) is 13.0 Å². The highest BCUT2D eigenvalue weighted by molar-refractivity contribution is 5.90. The third kappa shape index (κ3) is 5.18. The van der Waals surface area contributed by atoms with Crippen LogP contribution in [0.5, 0.6) is 0 Å². The molecular weight excluding hydrogens is 369 g/mol. The molecule has 0 aliphatic rings. The second kappa shape index (κ2) is 9.68. The van der Waals surface area contributed by atoms with Crippen LogP contribution in [0.3, 0.4) is 0 Å². The van der Waals surface area contributed by atoms with E-state index < -0.39 is 36.3 Å². The summed E-state index contributed by atoms with van der Waals surface area (Å²) < 4.78 is 28.7. The molecule has 0 fully saturated rings. The predicted molar refractivity (Wildman–Crippen MR) is 97.8 cm³/mol. The number of furan rings is 1. The van der Waals surface area contributed by atoms with Crippen LogP contribution in [0.25, 0.3) is 11.3 Å². The van der Waals surface area contributed by atoms with Crippen LogP contribution >= 0.6 is 0 Å². The number of halogens is 1. The molecule has 1 aromatic heterocycles. The highest BCUT2D eigenvalue weighted by atomic mass is 19.1. The molecule has 2 atom stereocenters. The van der Waals surface area contributed by atoms with Gasteiger partial charge >= 0.3 is 11.9 Å². The molecule has 0 saturated heterocycles. The molecule has 0 aliphatic heterocycles. The maximum atomic E-state index is 13.8. The molecule has 0 saturated carbocycles. The summed E-state index contributed by atoms with van der Waals surface area (Å²) in [6.07, 6.45) is 0.644. The van der Waals surface area contributed by atoms with Crippen molar-refractivity contribution in [2.75, 3.05) is 13.7 Å². The fourth-order valence-electron chi connectivity index (χ4n) is 2.47. The van der Waals surface area contributed by atoms with Crippen LogP contribution in [0, 0.1) is 11.7 Å². The topological polar surface area (TPSA) is 94.8 Å². The molecule has 1 amide bonds. The number of hydrogen-bond donors (Lipinski definition) is 1. The van der Waals surface area contributed by atoms with Gasteiger partial charge < -0.3 is 19.2 Å². The number of benzene rings is 1. The summed E-state index contributed by atoms with van der Waals surface area (Å²) in [5.74, 6) is -2.75. The molecule has 7 nitrogen and oxygen atoms in total. The minimum absolute atomic E-state index is 0.152. The van der Waals surface area contributed by atoms with E-state index in [0.717, 1.165) is 0 Å². The second-order valence-corrected chi connectivity index (χ2v) is 6.17. The lowest BCUT2D eigenvalue weighted by Gasteiger charge is -2.21. The first-order valence-electron chi connectivity index (χ1n) is 8.76. The van der Waals surface area contributed by atoms with Crippen LogP contribution in [-0.2, 0) is 19.1 Å². The van der Waals surface area contributed by atoms with Gasteiger partial charge in [-0.15, -0.1) is 0 Å². The van der Waals surface area contributed by atoms with Gasteiger partial charge in [0.25, 0.3) is 5.91 Å². The summed E-state index contributed by atoms with van der Waals surface area (Å²) in [6, 6.07) is 7.89. The molecule has 1 N–H and O–H groups in total. The zero-order chi connectivity index (χ0) is 20.7. The Morgan fingerprint density at radius 2 is 1.89 bits per heavy atom. The SMILES string of the molecule is CC[C@@H](C)[C@@H](NC(=O)COC(=O)c1ccc(-c2ccccc2F)o1)C(=O)OC. The molecule has 0 radical (unpaired) electrons. The average molecular weight is 391 g/mol. The monoisotopic (exact) mass is 391 g/mol. The minimum Gasteiger partial charge on any atom is -0.467 e. The van der Waals surface area contributed by atoms with E-state index >= 15 is 0 Å². The Labute approximate surface area is 161 Å². The van der Waals surface area contributed by atoms with Gasteiger partial charge in [0.2, 0.25) is 5.76 Å². The third-order valence-corrected chi connectivity index (χ3v) is 4.27. The maximum absolute atomic E-state index is 13.8. The fourth-order valence-corrected chi connectivity index (χ4v) is 2.47. The van der Waals surface area contributed by atoms with Crippen molar-refractivity contribution in [2.24, 2.45) is 5.92 Å². The highest BCUT2D eigenvalue weighted by Gasteiger charge is 2.27. The molecule has 0 bridgehead atoms. The van der Waals surface area contributed by atoms with Crippen LogP contribution < -0.4 is 5.32 Å². The summed E-state index contributed by atoms with van der Waals surface area (Å²) in [7, 11) is 1.23. The number of amides is 1. The quantitative estimate of drug-likeness (QED) is 0.695. The first-order chi connectivity index (χ1) is 13.4. The fraction of sp³-hybridized carbons (Fsp3) is 0.350. The number of esters is 2. The number of carbonyl (C=O) groups excluding carboxylic acids is 3. The van der Waals surface area contributed by atoms with Crippen LogP contribution in [-0.4, -0.2) is 37.6 Å². The summed E-state index contributed by atoms with van der Waals surface area (Å²) in [5.41, 5.74) is 0.203. The lowest BCUT2D eigenvalue weighted by Crippen LogP contribution is -2.47. The van der Waals surface area contributed by atoms with Crippen LogP contribution in [0.15, 0.2) is 40.8 Å². The van der Waals surface area contributed by atoms with Crippen molar-refractivity contribution >= 4 is 17.8 Å². The lowest BCUT2D eigenvalue weighted by molar-refractivity contribution is -0.147. The molecule has 2 rings (SSSR count). The van der Waals surface area contributed by atoms with E-state index in [-0.39, 0.29) is 23.0 Å². The Hall–Kier alpha value is -3.16. The van der Waals surface area contributed by atoms with Gasteiger partial charge in [-0.2, -0.15) is 0 Å². The number of hydrogen-bond acceptors (Lipinski definition) is 6. The Bertz CT molecular complexity index is 847. The molecule has 1 heterocycles. The van der Waals surface area contributed by atoms with Gasteiger partial charge in [0.05, 0.1) is 12.7 Å². The van der Waals surface area contributed by atoms with Crippen molar-refractivity contribution in [3.8, 4) is 11.3 Å². The van der Waals surface area contributed by atoms with Gasteiger partial charge in [0.15, 0.2) is 6.61 Å². The van der Waals surface area contributed by atoms with Crippen molar-refractivity contribution < 1.29 is 32.7 Å². The number of methoxy groups -OCH3 is 1. The minimum atomic E-state index is -0.879. The number of rotatable bonds is 8. The summed E-state index contributed by atoms with van der Waals surface area (Å²) in [4.78, 5) is 35.9. The largest absolute Gasteiger partial charge is 0.467 e. The predicted octanol–water partition coefficient (Wildman–Crippen LogP) is 2.95. The van der Waals surface area contributed by atoms with E-state index in [2.05, 4.69) is 10.1 Å². The molecule has 8 heteroatoms. The van der Waals surface area contributed by atoms with Gasteiger partial charge in [-0.3, -0.25) is 4.79 Å². The van der Waals surface area contributed by atoms with Crippen LogP contribution in [0.1, 0.15) is 30.8 Å². The van der Waals surface area contributed by atoms with E-state index in [4.69, 9.17) is 9.15 Å². The van der Waals surface area contributed by atoms with Gasteiger partial charge in [-0.25, -0.2) is 14.0 Å². The molecule has 1 aromatic carbocycles. The number of ether oxygens (including phenoxy) is 2. The van der Waals surface area contributed by atoms with Crippen molar-refractivity contribution in [1.82, 2.24) is 5.32 Å². The third-order valence-electron chi connectivity index (χ3n) is 4.27. The normalized spacial score (nSPS) is 12.7. The number of carbonyl (C=O) groups is 3. The summed E-state index contributed by atoms with van der Waals surface area (Å²) >= 11 is 0. The van der Waals surface area contributed by atoms with Crippen molar-refractivity contribution in [1.29, 1.82) is 0 Å². The van der Waals surface area contributed by atoms with E-state index in [1.165, 1.54) is 37.4 Å². The molecule has 2 aromatic rings. The molecular formula is C20H22FNO6. The molecule has 28 heavy (non-hydrogen) atoms. The average Bonchev–Trinajstić information content (AvgIpc) is 3.19. The van der Waals surface area contributed by atoms with E-state index in [0.29, 0.717) is 6.42 Å². The molecule has 150 valence electrons. The molecule has 0 aliphatic carbocycles. The van der Waals surface area contributed by atoms with Crippen molar-refractivity contribution in [3.05, 3.63) is 48.0 Å². The van der Waals surface area contributed by atoms with Gasteiger partial charge in [-0.1, -0.05) is 32.4 Å². The van der Waals surface area contributed by atoms with Gasteiger partial charge in [0.1, 0.15) is 17.6 Å². The van der Waals surface area contributed by atoms with Crippen LogP contribution in [0.2, 0.25) is 0 Å². The first-order valence-corrected chi connectivity index (χ1v) is 8.76. The molecule has 0 spiro atoms. The zero-order valence-corrected chi connectivity index (χ0v) is 15.9. The van der Waals surface area contributed by atoms with Gasteiger partial charge in [-0.05, 0) is 30.2 Å². The smallest absolute Gasteiger partial charge is 0.374 e. The maximum Gasteiger partial charge on any atom is 0.374 e. The van der Waals surface area contributed by atoms with Crippen molar-refractivity contribution in [2.45, 2.75) is 26.3 Å². The van der Waals surface area contributed by atoms with Crippen LogP contribution in [0.4, 0.5) is 4.39 Å². The van der Waals surface area contributed by atoms with E-state index in [9.17, 15) is 18.8 Å². The highest BCUT2D eigenvalue weighted by Crippen LogP contribution is 2.25. The van der Waals surface area contributed by atoms with E-state index in [1.807, 2.05) is 6.92 Å². The summed E-state index contributed by atoms with van der Waals surface area (Å²) in [5, 5.41) is 2.49. The Balaban J connectivity index is 1.96. The Kier molecular flexibility index (Phi) is 7.31. The standard InChI is InChI=1S/C20H22FNO6/c1-4-12(2)18(20(25)26-3)22-17(23)11-27-19(24)16-10-9-15(28-16)13-7-5-6-8-14(13)21/h5-10,12,18H,4,11H2,1-3H3,(H,22,23)/t12-,18-/m1/s1. The summed E-state index contributed by atoms with van der Waals surface area (Å²) in [6.45, 7) is 3.07. The lowest BCUT2D eigenvalue weighted by atomic mass is 9.99. The second-order valence-electron chi connectivity index (χ2n) is 6.17. The zero-order valence-electron chi connectivity index (χ0n) is 15.9. The molecule has 0 unspecified atom stereocenters.